The van der Waals surface area contributed by atoms with Gasteiger partial charge in [-0.2, -0.15) is 0 Å². The van der Waals surface area contributed by atoms with Crippen LogP contribution in [0.15, 0.2) is 12.2 Å². The van der Waals surface area contributed by atoms with Gasteiger partial charge in [-0.05, 0) is 127 Å². The van der Waals surface area contributed by atoms with Gasteiger partial charge in [-0.3, -0.25) is 10.6 Å². The molecule has 8 heterocycles. The van der Waals surface area contributed by atoms with Gasteiger partial charge in [0, 0.05) is 36.5 Å². The minimum atomic E-state index is -1.55. The highest BCUT2D eigenvalue weighted by Gasteiger charge is 2.70. The van der Waals surface area contributed by atoms with Gasteiger partial charge in [0.05, 0.1) is 67.3 Å². The summed E-state index contributed by atoms with van der Waals surface area (Å²) in [6.45, 7) is 17.7. The van der Waals surface area contributed by atoms with Gasteiger partial charge in [0.1, 0.15) is 12.5 Å². The third-order valence-electron chi connectivity index (χ3n) is 15.9. The van der Waals surface area contributed by atoms with Crippen molar-refractivity contribution >= 4 is 11.9 Å². The van der Waals surface area contributed by atoms with Crippen molar-refractivity contribution in [3.05, 3.63) is 12.2 Å². The summed E-state index contributed by atoms with van der Waals surface area (Å²) in [5, 5.41) is 26.2. The van der Waals surface area contributed by atoms with Crippen molar-refractivity contribution in [2.45, 2.75) is 166 Å². The van der Waals surface area contributed by atoms with E-state index in [2.05, 4.69) is 80.6 Å². The fourth-order valence-corrected chi connectivity index (χ4v) is 12.3. The molecule has 0 aromatic carbocycles. The highest BCUT2D eigenvalue weighted by atomic mass is 17.3. The standard InChI is InChI=1S/2C22H41N2O4.C4H4O4/c2*1-15-9-10-18-16(2)19(23-13-7-8-14-24(4,5)6)25-20-22(18)17(15)11-12-21(3,26-20)27-28-22;5-3(6)1-2-4(7)8/h2*15-20,23H,7-14H2,1-6H3;1-2H,(H,5,6)(H,7,8)/q2*+1;/p-2/b;;2-1-/t2*15-,16-,17+,18+,19?,20-,21+,22-;/m11./s1. The molecule has 0 aromatic rings. The van der Waals surface area contributed by atoms with Gasteiger partial charge in [0.25, 0.3) is 0 Å². The number of nitrogens with one attached hydrogen (secondary N) is 2. The second-order valence-electron chi connectivity index (χ2n) is 23.0. The maximum absolute atomic E-state index is 9.41. The SMILES string of the molecule is C[C@@H]1CC[C@H]2[C@@H](C)C(NCCCC[N+](C)(C)C)O[C@@H]3O[C@]4(C)CC[C@@H]1[C@]32OO4.C[C@@H]1CC[C@H]2[C@@H](C)C(NCCCC[N+](C)(C)C)O[C@@H]3O[C@]4(C)CC[C@@H]1[C@]32OO4.O=C([O-])/C=C\C(=O)[O-]. The Morgan fingerprint density at radius 1 is 0.562 bits per heavy atom. The molecule has 10 fully saturated rings. The lowest BCUT2D eigenvalue weighted by Gasteiger charge is -2.60. The molecule has 8 aliphatic heterocycles. The average Bonchev–Trinajstić information content (AvgIpc) is 3.58. The molecular formula is C48H84N4O12. The second kappa shape index (κ2) is 20.4. The highest BCUT2D eigenvalue weighted by Crippen LogP contribution is 2.62. The van der Waals surface area contributed by atoms with Crippen LogP contribution in [0.3, 0.4) is 0 Å². The molecule has 0 amide bonds. The number of carboxylic acids is 2. The van der Waals surface area contributed by atoms with Gasteiger partial charge in [0.15, 0.2) is 23.8 Å². The van der Waals surface area contributed by atoms with Crippen LogP contribution in [0.4, 0.5) is 0 Å². The van der Waals surface area contributed by atoms with E-state index < -0.39 is 34.7 Å². The van der Waals surface area contributed by atoms with Gasteiger partial charge < -0.3 is 47.7 Å². The number of hydrogen-bond donors (Lipinski definition) is 2. The number of carbonyl (C=O) groups excluding carboxylic acids is 2. The maximum atomic E-state index is 9.41. The molecule has 2 N–H and O–H groups in total. The minimum Gasteiger partial charge on any atom is -0.545 e. The minimum absolute atomic E-state index is 0.0188. The molecule has 2 saturated carbocycles. The molecule has 8 saturated heterocycles. The summed E-state index contributed by atoms with van der Waals surface area (Å²) in [4.78, 5) is 43.0. The molecule has 16 heteroatoms. The number of rotatable bonds is 14. The average molecular weight is 909 g/mol. The summed E-state index contributed by atoms with van der Waals surface area (Å²) in [5.41, 5.74) is -0.899. The molecule has 16 atom stereocenters. The fourth-order valence-electron chi connectivity index (χ4n) is 12.3. The summed E-state index contributed by atoms with van der Waals surface area (Å²) >= 11 is 0. The Labute approximate surface area is 383 Å². The van der Waals surface area contributed by atoms with Crippen molar-refractivity contribution < 1.29 is 67.3 Å². The van der Waals surface area contributed by atoms with E-state index in [0.717, 1.165) is 60.6 Å². The molecule has 10 aliphatic rings. The van der Waals surface area contributed by atoms with Crippen LogP contribution in [0, 0.1) is 47.3 Å². The summed E-state index contributed by atoms with van der Waals surface area (Å²) in [7, 11) is 13.5. The number of carbonyl (C=O) groups is 2. The normalized spacial score (nSPS) is 43.4. The van der Waals surface area contributed by atoms with Crippen LogP contribution in [0.1, 0.15) is 119 Å². The van der Waals surface area contributed by atoms with Gasteiger partial charge in [0.2, 0.25) is 11.6 Å². The van der Waals surface area contributed by atoms with Crippen molar-refractivity contribution in [2.75, 3.05) is 68.5 Å². The predicted molar refractivity (Wildman–Crippen MR) is 233 cm³/mol. The quantitative estimate of drug-likeness (QED) is 0.112. The molecule has 2 aliphatic carbocycles. The van der Waals surface area contributed by atoms with E-state index in [1.165, 1.54) is 51.6 Å². The molecule has 64 heavy (non-hydrogen) atoms. The zero-order valence-electron chi connectivity index (χ0n) is 41.2. The number of ether oxygens (including phenoxy) is 4. The van der Waals surface area contributed by atoms with Crippen LogP contribution >= 0.6 is 0 Å². The Morgan fingerprint density at radius 2 is 0.938 bits per heavy atom. The molecule has 10 rings (SSSR count). The molecule has 2 spiro atoms. The first-order chi connectivity index (χ1) is 29.9. The number of aliphatic carboxylic acids is 2. The Hall–Kier alpha value is -1.80. The van der Waals surface area contributed by atoms with Crippen LogP contribution < -0.4 is 20.8 Å². The largest absolute Gasteiger partial charge is 0.545 e. The zero-order chi connectivity index (χ0) is 46.9. The third kappa shape index (κ3) is 11.5. The highest BCUT2D eigenvalue weighted by molar-refractivity contribution is 5.87. The number of carboxylic acid groups (broad SMARTS) is 2. The Balaban J connectivity index is 0.000000182. The first-order valence-electron chi connectivity index (χ1n) is 24.5. The number of fused-ring (bicyclic) bond motifs is 4. The van der Waals surface area contributed by atoms with E-state index in [1.807, 2.05) is 13.8 Å². The Morgan fingerprint density at radius 3 is 1.28 bits per heavy atom. The van der Waals surface area contributed by atoms with Crippen molar-refractivity contribution in [3.8, 4) is 0 Å². The van der Waals surface area contributed by atoms with E-state index in [4.69, 9.17) is 38.5 Å². The van der Waals surface area contributed by atoms with Gasteiger partial charge in [-0.25, -0.2) is 19.6 Å². The summed E-state index contributed by atoms with van der Waals surface area (Å²) in [5.74, 6) is -0.813. The van der Waals surface area contributed by atoms with E-state index in [1.54, 1.807) is 0 Å². The summed E-state index contributed by atoms with van der Waals surface area (Å²) in [6.07, 6.45) is 13.6. The lowest BCUT2D eigenvalue weighted by Crippen LogP contribution is -2.71. The summed E-state index contributed by atoms with van der Waals surface area (Å²) in [6, 6.07) is 0. The number of hydrogen-bond acceptors (Lipinski definition) is 14. The lowest BCUT2D eigenvalue weighted by molar-refractivity contribution is -0.870. The molecular weight excluding hydrogens is 825 g/mol. The van der Waals surface area contributed by atoms with E-state index in [0.29, 0.717) is 59.5 Å². The van der Waals surface area contributed by atoms with Crippen LogP contribution in [0.2, 0.25) is 0 Å². The van der Waals surface area contributed by atoms with Crippen molar-refractivity contribution in [1.82, 2.24) is 10.6 Å². The fraction of sp³-hybridized carbons (Fsp3) is 0.917. The van der Waals surface area contributed by atoms with Crippen LogP contribution in [0.25, 0.3) is 0 Å². The Bertz CT molecular complexity index is 1490. The van der Waals surface area contributed by atoms with Gasteiger partial charge >= 0.3 is 0 Å². The maximum Gasteiger partial charge on any atom is 0.201 e. The van der Waals surface area contributed by atoms with Crippen molar-refractivity contribution in [2.24, 2.45) is 47.3 Å². The second-order valence-corrected chi connectivity index (χ2v) is 23.0. The van der Waals surface area contributed by atoms with E-state index >= 15 is 0 Å². The topological polar surface area (TPSA) is 178 Å². The molecule has 0 aromatic heterocycles. The number of nitrogens with zero attached hydrogens (tertiary/aromatic N) is 2. The number of quaternary nitrogens is 2. The molecule has 2 unspecified atom stereocenters. The van der Waals surface area contributed by atoms with Gasteiger partial charge in [-0.15, -0.1) is 0 Å². The lowest BCUT2D eigenvalue weighted by atomic mass is 9.58. The third-order valence-corrected chi connectivity index (χ3v) is 15.9. The number of unbranched alkanes of at least 4 members (excludes halogenated alkanes) is 2. The summed E-state index contributed by atoms with van der Waals surface area (Å²) < 4.78 is 28.0. The van der Waals surface area contributed by atoms with E-state index in [-0.39, 0.29) is 25.0 Å². The molecule has 4 bridgehead atoms. The smallest absolute Gasteiger partial charge is 0.201 e. The Kier molecular flexibility index (Phi) is 16.5. The van der Waals surface area contributed by atoms with Crippen LogP contribution in [-0.2, 0) is 48.1 Å². The van der Waals surface area contributed by atoms with E-state index in [9.17, 15) is 19.8 Å². The molecule has 16 nitrogen and oxygen atoms in total. The molecule has 0 radical (unpaired) electrons. The van der Waals surface area contributed by atoms with Crippen molar-refractivity contribution in [1.29, 1.82) is 0 Å². The predicted octanol–water partition coefficient (Wildman–Crippen LogP) is 3.58. The zero-order valence-corrected chi connectivity index (χ0v) is 41.2. The van der Waals surface area contributed by atoms with Crippen molar-refractivity contribution in [3.63, 3.8) is 0 Å². The monoisotopic (exact) mass is 909 g/mol. The first kappa shape index (κ1) is 51.6. The van der Waals surface area contributed by atoms with Gasteiger partial charge in [-0.1, -0.05) is 27.7 Å². The first-order valence-corrected chi connectivity index (χ1v) is 24.5. The van der Waals surface area contributed by atoms with Crippen LogP contribution in [-0.4, -0.2) is 137 Å². The molecule has 368 valence electrons. The van der Waals surface area contributed by atoms with Crippen LogP contribution in [0.5, 0.6) is 0 Å².